The first-order chi connectivity index (χ1) is 3.72. The van der Waals surface area contributed by atoms with E-state index in [0.717, 1.165) is 0 Å². The highest BCUT2D eigenvalue weighted by molar-refractivity contribution is 4.89. The summed E-state index contributed by atoms with van der Waals surface area (Å²) in [5.74, 6) is 0.407. The Kier molecular flexibility index (Phi) is 1.04. The van der Waals surface area contributed by atoms with Crippen LogP contribution in [0.4, 0.5) is 4.39 Å². The van der Waals surface area contributed by atoms with E-state index in [9.17, 15) is 4.39 Å². The van der Waals surface area contributed by atoms with Gasteiger partial charge in [-0.2, -0.15) is 4.39 Å². The summed E-state index contributed by atoms with van der Waals surface area (Å²) in [6, 6.07) is 0. The predicted molar refractivity (Wildman–Crippen MR) is 27.9 cm³/mol. The van der Waals surface area contributed by atoms with Crippen LogP contribution in [0, 0.1) is 12.9 Å². The molecule has 0 atom stereocenters. The zero-order valence-corrected chi connectivity index (χ0v) is 4.85. The summed E-state index contributed by atoms with van der Waals surface area (Å²) in [5, 5.41) is 0. The first kappa shape index (κ1) is 5.28. The summed E-state index contributed by atoms with van der Waals surface area (Å²) in [5.41, 5.74) is 0. The van der Waals surface area contributed by atoms with Gasteiger partial charge in [0.1, 0.15) is 5.82 Å². The smallest absolute Gasteiger partial charge is 0.213 e. The molecule has 1 heterocycles. The van der Waals surface area contributed by atoms with Crippen LogP contribution in [0.15, 0.2) is 6.20 Å². The molecule has 0 amide bonds. The van der Waals surface area contributed by atoms with E-state index in [1.54, 1.807) is 14.0 Å². The molecule has 0 fully saturated rings. The molecule has 0 saturated carbocycles. The molecule has 2 nitrogen and oxygen atoms in total. The maximum atomic E-state index is 12.2. The molecule has 0 saturated heterocycles. The quantitative estimate of drug-likeness (QED) is 0.489. The molecular weight excluding hydrogens is 107 g/mol. The average Bonchev–Trinajstić information content (AvgIpc) is 1.98. The van der Waals surface area contributed by atoms with Gasteiger partial charge in [0.2, 0.25) is 5.95 Å². The molecule has 0 spiro atoms. The summed E-state index contributed by atoms with van der Waals surface area (Å²) in [7, 11) is 1.64. The van der Waals surface area contributed by atoms with Crippen molar-refractivity contribution < 1.29 is 4.39 Å². The van der Waals surface area contributed by atoms with E-state index in [4.69, 9.17) is 0 Å². The van der Waals surface area contributed by atoms with Crippen LogP contribution in [-0.2, 0) is 7.05 Å². The molecule has 0 bridgehead atoms. The van der Waals surface area contributed by atoms with Crippen LogP contribution in [0.25, 0.3) is 0 Å². The van der Waals surface area contributed by atoms with E-state index in [1.807, 2.05) is 0 Å². The van der Waals surface area contributed by atoms with E-state index in [1.165, 1.54) is 10.8 Å². The van der Waals surface area contributed by atoms with E-state index < -0.39 is 0 Å². The third-order valence-electron chi connectivity index (χ3n) is 1.16. The number of halogens is 1. The molecule has 0 aliphatic rings. The van der Waals surface area contributed by atoms with Gasteiger partial charge in [-0.15, -0.1) is 0 Å². The lowest BCUT2D eigenvalue weighted by atomic mass is 10.7. The second-order valence-corrected chi connectivity index (χ2v) is 1.69. The number of hydrogen-bond acceptors (Lipinski definition) is 1. The van der Waals surface area contributed by atoms with Crippen LogP contribution in [0.1, 0.15) is 5.82 Å². The minimum atomic E-state index is -0.289. The first-order valence-corrected chi connectivity index (χ1v) is 2.35. The summed E-state index contributed by atoms with van der Waals surface area (Å²) < 4.78 is 13.6. The Morgan fingerprint density at radius 1 is 1.75 bits per heavy atom. The maximum Gasteiger partial charge on any atom is 0.213 e. The number of aromatic nitrogens is 2. The van der Waals surface area contributed by atoms with Crippen molar-refractivity contribution in [1.29, 1.82) is 0 Å². The number of nitrogens with zero attached hydrogens (tertiary/aromatic N) is 2. The van der Waals surface area contributed by atoms with Crippen LogP contribution in [0.3, 0.4) is 0 Å². The van der Waals surface area contributed by atoms with Gasteiger partial charge in [0.15, 0.2) is 0 Å². The van der Waals surface area contributed by atoms with Crippen molar-refractivity contribution in [2.75, 3.05) is 0 Å². The number of hydrogen-bond donors (Lipinski definition) is 0. The minimum absolute atomic E-state index is 0.289. The van der Waals surface area contributed by atoms with Crippen LogP contribution in [0.5, 0.6) is 0 Å². The van der Waals surface area contributed by atoms with E-state index in [-0.39, 0.29) is 5.95 Å². The molecule has 0 aliphatic carbocycles. The molecule has 0 aliphatic heterocycles. The van der Waals surface area contributed by atoms with Gasteiger partial charge in [-0.25, -0.2) is 4.98 Å². The number of aryl methyl sites for hydroxylation is 1. The Labute approximate surface area is 47.0 Å². The third-order valence-corrected chi connectivity index (χ3v) is 1.16. The van der Waals surface area contributed by atoms with Gasteiger partial charge >= 0.3 is 0 Å². The highest BCUT2D eigenvalue weighted by Gasteiger charge is 1.96. The van der Waals surface area contributed by atoms with Crippen molar-refractivity contribution in [2.45, 2.75) is 6.92 Å². The Morgan fingerprint density at radius 2 is 2.38 bits per heavy atom. The SMILES string of the molecule is Cc1ncc(F)n1C. The highest BCUT2D eigenvalue weighted by atomic mass is 19.1. The Morgan fingerprint density at radius 3 is 2.50 bits per heavy atom. The van der Waals surface area contributed by atoms with E-state index >= 15 is 0 Å². The second-order valence-electron chi connectivity index (χ2n) is 1.69. The zero-order chi connectivity index (χ0) is 6.15. The van der Waals surface area contributed by atoms with Crippen molar-refractivity contribution in [1.82, 2.24) is 9.55 Å². The van der Waals surface area contributed by atoms with Gasteiger partial charge in [-0.1, -0.05) is 0 Å². The third kappa shape index (κ3) is 0.598. The summed E-state index contributed by atoms with van der Waals surface area (Å²) in [6.07, 6.45) is 1.20. The van der Waals surface area contributed by atoms with Gasteiger partial charge in [0, 0.05) is 7.05 Å². The van der Waals surface area contributed by atoms with Crippen LogP contribution in [-0.4, -0.2) is 9.55 Å². The monoisotopic (exact) mass is 114 g/mol. The fraction of sp³-hybridized carbons (Fsp3) is 0.400. The predicted octanol–water partition coefficient (Wildman–Crippen LogP) is 0.868. The molecule has 44 valence electrons. The van der Waals surface area contributed by atoms with Crippen molar-refractivity contribution in [3.63, 3.8) is 0 Å². The molecular formula is C5H7FN2. The summed E-state index contributed by atoms with van der Waals surface area (Å²) in [4.78, 5) is 3.70. The molecule has 1 aromatic heterocycles. The molecule has 1 rings (SSSR count). The summed E-state index contributed by atoms with van der Waals surface area (Å²) >= 11 is 0. The minimum Gasteiger partial charge on any atom is -0.308 e. The lowest BCUT2D eigenvalue weighted by Gasteiger charge is -1.90. The van der Waals surface area contributed by atoms with Gasteiger partial charge in [-0.05, 0) is 6.92 Å². The molecule has 0 aromatic carbocycles. The molecule has 0 radical (unpaired) electrons. The van der Waals surface area contributed by atoms with Crippen molar-refractivity contribution in [3.8, 4) is 0 Å². The fourth-order valence-corrected chi connectivity index (χ4v) is 0.474. The van der Waals surface area contributed by atoms with Crippen molar-refractivity contribution in [3.05, 3.63) is 18.0 Å². The van der Waals surface area contributed by atoms with Crippen molar-refractivity contribution >= 4 is 0 Å². The molecule has 8 heavy (non-hydrogen) atoms. The van der Waals surface area contributed by atoms with Gasteiger partial charge in [-0.3, -0.25) is 0 Å². The fourth-order valence-electron chi connectivity index (χ4n) is 0.474. The average molecular weight is 114 g/mol. The van der Waals surface area contributed by atoms with Crippen LogP contribution >= 0.6 is 0 Å². The zero-order valence-electron chi connectivity index (χ0n) is 4.85. The van der Waals surface area contributed by atoms with Gasteiger partial charge in [0.05, 0.1) is 6.20 Å². The van der Waals surface area contributed by atoms with Crippen molar-refractivity contribution in [2.24, 2.45) is 7.05 Å². The number of imidazole rings is 1. The van der Waals surface area contributed by atoms with Gasteiger partial charge < -0.3 is 4.57 Å². The Bertz CT molecular complexity index is 173. The standard InChI is InChI=1S/C5H7FN2/c1-4-7-3-5(6)8(4)2/h3H,1-2H3. The lowest BCUT2D eigenvalue weighted by molar-refractivity contribution is 0.530. The summed E-state index contributed by atoms with van der Waals surface area (Å²) in [6.45, 7) is 1.75. The Hall–Kier alpha value is -0.860. The van der Waals surface area contributed by atoms with Crippen LogP contribution in [0.2, 0.25) is 0 Å². The van der Waals surface area contributed by atoms with E-state index in [2.05, 4.69) is 4.98 Å². The molecule has 1 aromatic rings. The normalized spacial score (nSPS) is 9.88. The molecule has 3 heteroatoms. The largest absolute Gasteiger partial charge is 0.308 e. The van der Waals surface area contributed by atoms with Gasteiger partial charge in [0.25, 0.3) is 0 Å². The second kappa shape index (κ2) is 1.58. The first-order valence-electron chi connectivity index (χ1n) is 2.35. The molecule has 0 N–H and O–H groups in total. The van der Waals surface area contributed by atoms with E-state index in [0.29, 0.717) is 5.82 Å². The maximum absolute atomic E-state index is 12.2. The number of rotatable bonds is 0. The highest BCUT2D eigenvalue weighted by Crippen LogP contribution is 1.96. The molecule has 0 unspecified atom stereocenters. The topological polar surface area (TPSA) is 17.8 Å². The Balaban J connectivity index is 3.19. The van der Waals surface area contributed by atoms with Crippen LogP contribution < -0.4 is 0 Å². The lowest BCUT2D eigenvalue weighted by Crippen LogP contribution is -1.93.